The number of halogens is 6. The van der Waals surface area contributed by atoms with E-state index in [1.54, 1.807) is 0 Å². The van der Waals surface area contributed by atoms with Gasteiger partial charge in [0.1, 0.15) is 11.9 Å². The molecule has 0 aliphatic carbocycles. The van der Waals surface area contributed by atoms with Gasteiger partial charge in [-0.3, -0.25) is 9.59 Å². The van der Waals surface area contributed by atoms with Crippen LogP contribution in [-0.2, 0) is 30.0 Å². The molecule has 3 rings (SSSR count). The van der Waals surface area contributed by atoms with Crippen LogP contribution in [0, 0.1) is 0 Å². The number of carbonyl (C=O) groups is 4. The monoisotopic (exact) mass is 798 g/mol. The Hall–Kier alpha value is -4.96. The minimum absolute atomic E-state index is 0.0272. The average Bonchev–Trinajstić information content (AvgIpc) is 3.08. The third kappa shape index (κ3) is 17.2. The highest BCUT2D eigenvalue weighted by Crippen LogP contribution is 2.37. The van der Waals surface area contributed by atoms with Crippen molar-refractivity contribution in [3.63, 3.8) is 0 Å². The van der Waals surface area contributed by atoms with Crippen LogP contribution in [0.1, 0.15) is 91.2 Å². The number of carbonyl (C=O) groups excluding carboxylic acids is 4. The normalized spacial score (nSPS) is 11.7. The van der Waals surface area contributed by atoms with Crippen LogP contribution >= 0.6 is 0 Å². The lowest BCUT2D eigenvalue weighted by Crippen LogP contribution is -2.50. The van der Waals surface area contributed by atoms with Crippen molar-refractivity contribution < 1.29 is 67.2 Å². The lowest BCUT2D eigenvalue weighted by Gasteiger charge is -2.23. The molecule has 16 heteroatoms. The number of anilines is 2. The Morgan fingerprint density at radius 1 is 0.536 bits per heavy atom. The molecule has 56 heavy (non-hydrogen) atoms. The van der Waals surface area contributed by atoms with Gasteiger partial charge in [0.05, 0.1) is 13.1 Å². The summed E-state index contributed by atoms with van der Waals surface area (Å²) in [4.78, 5) is 43.1. The van der Waals surface area contributed by atoms with Gasteiger partial charge in [-0.25, -0.2) is 0 Å². The zero-order valence-electron chi connectivity index (χ0n) is 32.6. The molecular weight excluding hydrogens is 746 g/mol. The number of unbranched alkanes of at least 4 members (excludes halogenated alkanes) is 2. The van der Waals surface area contributed by atoms with Crippen LogP contribution in [0.4, 0.5) is 37.7 Å². The summed E-state index contributed by atoms with van der Waals surface area (Å²) in [7, 11) is 0. The molecule has 0 aromatic heterocycles. The summed E-state index contributed by atoms with van der Waals surface area (Å²) in [6.45, 7) is 14.9. The summed E-state index contributed by atoms with van der Waals surface area (Å²) < 4.78 is 63.1. The van der Waals surface area contributed by atoms with E-state index in [0.29, 0.717) is 12.8 Å². The van der Waals surface area contributed by atoms with Gasteiger partial charge >= 0.3 is 12.4 Å². The predicted molar refractivity (Wildman–Crippen MR) is 197 cm³/mol. The van der Waals surface area contributed by atoms with Gasteiger partial charge in [0, 0.05) is 35.3 Å². The Labute approximate surface area is 323 Å². The molecule has 0 saturated heterocycles. The van der Waals surface area contributed by atoms with Gasteiger partial charge in [-0.05, 0) is 83.0 Å². The fourth-order valence-corrected chi connectivity index (χ4v) is 4.90. The number of nitrogens with one attached hydrogen (secondary N) is 2. The van der Waals surface area contributed by atoms with E-state index in [2.05, 4.69) is 112 Å². The minimum Gasteiger partial charge on any atom is -0.542 e. The van der Waals surface area contributed by atoms with Crippen molar-refractivity contribution in [2.24, 2.45) is 0 Å². The molecule has 0 bridgehead atoms. The number of hydrogen-bond donors (Lipinski definition) is 4. The number of rotatable bonds is 12. The van der Waals surface area contributed by atoms with Gasteiger partial charge in [0.25, 0.3) is 0 Å². The number of amides is 2. The fourth-order valence-electron chi connectivity index (χ4n) is 4.90. The molecule has 10 nitrogen and oxygen atoms in total. The summed E-state index contributed by atoms with van der Waals surface area (Å²) in [5, 5.41) is 23.9. The third-order valence-corrected chi connectivity index (χ3v) is 8.10. The Balaban J connectivity index is 0.000000949. The second kappa shape index (κ2) is 21.4. The largest absolute Gasteiger partial charge is 0.542 e. The van der Waals surface area contributed by atoms with Crippen molar-refractivity contribution in [1.29, 1.82) is 0 Å². The maximum atomic E-state index is 12.7. The van der Waals surface area contributed by atoms with E-state index in [4.69, 9.17) is 19.8 Å². The summed E-state index contributed by atoms with van der Waals surface area (Å²) in [6, 6.07) is 21.1. The first-order chi connectivity index (χ1) is 25.7. The van der Waals surface area contributed by atoms with Gasteiger partial charge in [-0.2, -0.15) is 26.3 Å². The first-order valence-corrected chi connectivity index (χ1v) is 17.9. The fraction of sp³-hybridized carbons (Fsp3) is 0.450. The van der Waals surface area contributed by atoms with Crippen molar-refractivity contribution in [2.75, 3.05) is 23.7 Å². The second-order valence-electron chi connectivity index (χ2n) is 14.9. The van der Waals surface area contributed by atoms with E-state index < -0.39 is 24.3 Å². The maximum absolute atomic E-state index is 12.7. The topological polar surface area (TPSA) is 194 Å². The van der Waals surface area contributed by atoms with Crippen LogP contribution in [0.2, 0.25) is 0 Å². The Morgan fingerprint density at radius 3 is 1.05 bits per heavy atom. The Kier molecular flexibility index (Phi) is 18.7. The van der Waals surface area contributed by atoms with Crippen LogP contribution < -0.4 is 32.3 Å². The van der Waals surface area contributed by atoms with Crippen molar-refractivity contribution in [1.82, 2.24) is 0 Å². The summed E-state index contributed by atoms with van der Waals surface area (Å²) in [5.74, 6) is -5.96. The first kappa shape index (κ1) is 49.1. The van der Waals surface area contributed by atoms with Crippen LogP contribution in [0.15, 0.2) is 60.7 Å². The molecule has 0 saturated carbocycles. The molecule has 0 heterocycles. The van der Waals surface area contributed by atoms with Crippen molar-refractivity contribution in [3.8, 4) is 22.3 Å². The SMILES string of the molecule is CC(C)(C)c1ccc(NC(=O)CCCC[NH3+])c(-c2ccc(-c3cc(C(C)(C)C)ccc3NC(=O)CCCC[NH3+])cc2)c1.O=C([O-])C(F)(F)F.O=C([O-])C(F)(F)F. The van der Waals surface area contributed by atoms with E-state index in [9.17, 15) is 35.9 Å². The molecule has 3 aromatic carbocycles. The molecular formula is C40H52F6N4O6. The molecule has 0 atom stereocenters. The van der Waals surface area contributed by atoms with E-state index in [1.807, 2.05) is 12.1 Å². The molecule has 3 aromatic rings. The molecule has 310 valence electrons. The van der Waals surface area contributed by atoms with E-state index in [-0.39, 0.29) is 22.6 Å². The molecule has 2 amide bonds. The van der Waals surface area contributed by atoms with E-state index in [1.165, 1.54) is 11.1 Å². The number of carboxylic acid groups (broad SMARTS) is 2. The van der Waals surface area contributed by atoms with Crippen LogP contribution in [0.5, 0.6) is 0 Å². The number of hydrogen-bond acceptors (Lipinski definition) is 6. The number of quaternary nitrogens is 2. The van der Waals surface area contributed by atoms with Gasteiger partial charge in [-0.1, -0.05) is 77.9 Å². The summed E-state index contributed by atoms with van der Waals surface area (Å²) in [6.07, 6.45) is -5.85. The van der Waals surface area contributed by atoms with Crippen molar-refractivity contribution >= 4 is 35.1 Å². The Bertz CT molecular complexity index is 1630. The second-order valence-corrected chi connectivity index (χ2v) is 14.9. The molecule has 0 aliphatic heterocycles. The summed E-state index contributed by atoms with van der Waals surface area (Å²) >= 11 is 0. The van der Waals surface area contributed by atoms with Crippen LogP contribution in [0.25, 0.3) is 22.3 Å². The van der Waals surface area contributed by atoms with Gasteiger partial charge < -0.3 is 41.9 Å². The van der Waals surface area contributed by atoms with Gasteiger partial charge in [0.15, 0.2) is 0 Å². The van der Waals surface area contributed by atoms with Crippen LogP contribution in [-0.4, -0.2) is 49.2 Å². The number of aliphatic carboxylic acids is 2. The molecule has 0 unspecified atom stereocenters. The quantitative estimate of drug-likeness (QED) is 0.149. The molecule has 0 spiro atoms. The maximum Gasteiger partial charge on any atom is 0.430 e. The highest BCUT2D eigenvalue weighted by molar-refractivity contribution is 5.97. The molecule has 0 aliphatic rings. The van der Waals surface area contributed by atoms with E-state index in [0.717, 1.165) is 72.4 Å². The Morgan fingerprint density at radius 2 is 0.821 bits per heavy atom. The average molecular weight is 799 g/mol. The lowest BCUT2D eigenvalue weighted by atomic mass is 9.84. The highest BCUT2D eigenvalue weighted by Gasteiger charge is 2.29. The number of benzene rings is 3. The standard InChI is InChI=1S/C36H50N4O2.2C2HF3O2/c1-35(2,3)27-17-19-31(39-33(41)11-7-9-21-37)29(23-27)25-13-15-26(16-14-25)30-24-28(36(4,5)6)18-20-32(30)40-34(42)12-8-10-22-38;2*3-2(4,5)1(6)7/h13-20,23-24H,7-12,21-22,37-38H2,1-6H3,(H,39,41)(H,40,42);2*(H,6,7). The van der Waals surface area contributed by atoms with Gasteiger partial charge in [0.2, 0.25) is 11.8 Å². The first-order valence-electron chi connectivity index (χ1n) is 17.9. The smallest absolute Gasteiger partial charge is 0.430 e. The molecule has 0 radical (unpaired) electrons. The number of alkyl halides is 6. The zero-order chi connectivity index (χ0) is 43.1. The van der Waals surface area contributed by atoms with Crippen LogP contribution in [0.3, 0.4) is 0 Å². The van der Waals surface area contributed by atoms with Crippen molar-refractivity contribution in [3.05, 3.63) is 71.8 Å². The van der Waals surface area contributed by atoms with E-state index >= 15 is 0 Å². The highest BCUT2D eigenvalue weighted by atomic mass is 19.4. The lowest BCUT2D eigenvalue weighted by molar-refractivity contribution is -0.368. The third-order valence-electron chi connectivity index (χ3n) is 8.10. The summed E-state index contributed by atoms with van der Waals surface area (Å²) in [5.41, 5.74) is 15.8. The zero-order valence-corrected chi connectivity index (χ0v) is 32.6. The minimum atomic E-state index is -5.19. The molecule has 8 N–H and O–H groups in total. The van der Waals surface area contributed by atoms with Gasteiger partial charge in [-0.15, -0.1) is 0 Å². The van der Waals surface area contributed by atoms with Crippen molar-refractivity contribution in [2.45, 2.75) is 103 Å². The number of carboxylic acids is 2. The molecule has 0 fully saturated rings. The predicted octanol–water partition coefficient (Wildman–Crippen LogP) is 4.91.